The van der Waals surface area contributed by atoms with Crippen LogP contribution in [0, 0.1) is 0 Å². The summed E-state index contributed by atoms with van der Waals surface area (Å²) < 4.78 is 0. The number of carboxylic acid groups (broad SMARTS) is 1. The third kappa shape index (κ3) is 8.14. The summed E-state index contributed by atoms with van der Waals surface area (Å²) in [5.41, 5.74) is 4.92. The number of nitrogens with two attached hydrogens (primary N) is 1. The normalized spacial score (nSPS) is 12.1. The summed E-state index contributed by atoms with van der Waals surface area (Å²) in [5, 5.41) is 13.6. The summed E-state index contributed by atoms with van der Waals surface area (Å²) in [5.74, 6) is -1.80. The first-order chi connectivity index (χ1) is 8.47. The fourth-order valence-electron chi connectivity index (χ4n) is 1.19. The molecule has 0 bridgehead atoms. The van der Waals surface area contributed by atoms with Crippen LogP contribution in [0.25, 0.3) is 0 Å². The number of carboxylic acids is 1. The van der Waals surface area contributed by atoms with Crippen LogP contribution >= 0.6 is 0 Å². The van der Waals surface area contributed by atoms with Crippen molar-refractivity contribution in [3.63, 3.8) is 0 Å². The summed E-state index contributed by atoms with van der Waals surface area (Å²) >= 11 is 0. The lowest BCUT2D eigenvalue weighted by molar-refractivity contribution is -0.139. The highest BCUT2D eigenvalue weighted by atomic mass is 16.4. The van der Waals surface area contributed by atoms with Gasteiger partial charge in [0, 0.05) is 13.0 Å². The van der Waals surface area contributed by atoms with Crippen LogP contribution in [-0.2, 0) is 9.59 Å². The van der Waals surface area contributed by atoms with Gasteiger partial charge in [-0.3, -0.25) is 4.79 Å². The average molecular weight is 257 g/mol. The van der Waals surface area contributed by atoms with Crippen molar-refractivity contribution in [1.29, 1.82) is 0 Å². The molecule has 7 nitrogen and oxygen atoms in total. The van der Waals surface area contributed by atoms with Crippen LogP contribution in [0.1, 0.15) is 26.2 Å². The van der Waals surface area contributed by atoms with Gasteiger partial charge in [-0.25, -0.2) is 9.59 Å². The molecule has 0 aliphatic rings. The molecular formula is C11H19N3O4. The topological polar surface area (TPSA) is 122 Å². The Kier molecular flexibility index (Phi) is 8.00. The highest BCUT2D eigenvalue weighted by molar-refractivity contribution is 5.83. The number of amides is 3. The van der Waals surface area contributed by atoms with E-state index >= 15 is 0 Å². The zero-order valence-corrected chi connectivity index (χ0v) is 10.3. The number of allylic oxidation sites excluding steroid dienone is 1. The van der Waals surface area contributed by atoms with E-state index < -0.39 is 23.9 Å². The molecule has 0 spiro atoms. The second-order valence-corrected chi connectivity index (χ2v) is 3.65. The molecule has 0 aliphatic carbocycles. The largest absolute Gasteiger partial charge is 0.480 e. The number of aliphatic carboxylic acids is 1. The Morgan fingerprint density at radius 3 is 2.56 bits per heavy atom. The van der Waals surface area contributed by atoms with E-state index in [-0.39, 0.29) is 12.8 Å². The maximum Gasteiger partial charge on any atom is 0.326 e. The Morgan fingerprint density at radius 2 is 2.06 bits per heavy atom. The third-order valence-corrected chi connectivity index (χ3v) is 2.12. The zero-order chi connectivity index (χ0) is 14.0. The molecule has 5 N–H and O–H groups in total. The number of urea groups is 1. The molecular weight excluding hydrogens is 238 g/mol. The van der Waals surface area contributed by atoms with E-state index in [4.69, 9.17) is 10.8 Å². The minimum absolute atomic E-state index is 0.0209. The standard InChI is InChI=1S/C11H19N3O4/c1-2-3-4-7-13-11(18)14-8(10(16)17)5-6-9(12)15/h2-3,8H,4-7H2,1H3,(H2,12,15)(H,16,17)(H2,13,14,18)/b3-2+. The zero-order valence-electron chi connectivity index (χ0n) is 10.3. The van der Waals surface area contributed by atoms with E-state index in [9.17, 15) is 14.4 Å². The lowest BCUT2D eigenvalue weighted by atomic mass is 10.1. The van der Waals surface area contributed by atoms with Gasteiger partial charge in [-0.15, -0.1) is 0 Å². The molecule has 0 aromatic carbocycles. The van der Waals surface area contributed by atoms with E-state index in [1.54, 1.807) is 0 Å². The van der Waals surface area contributed by atoms with E-state index in [1.165, 1.54) is 0 Å². The second kappa shape index (κ2) is 9.03. The van der Waals surface area contributed by atoms with Gasteiger partial charge in [-0.2, -0.15) is 0 Å². The van der Waals surface area contributed by atoms with Crippen molar-refractivity contribution in [2.45, 2.75) is 32.2 Å². The minimum atomic E-state index is -1.19. The molecule has 0 radical (unpaired) electrons. The van der Waals surface area contributed by atoms with Crippen LogP contribution < -0.4 is 16.4 Å². The summed E-state index contributed by atoms with van der Waals surface area (Å²) in [7, 11) is 0. The summed E-state index contributed by atoms with van der Waals surface area (Å²) in [6.45, 7) is 2.28. The number of hydrogen-bond donors (Lipinski definition) is 4. The predicted molar refractivity (Wildman–Crippen MR) is 65.8 cm³/mol. The molecule has 0 aromatic rings. The molecule has 102 valence electrons. The molecule has 1 unspecified atom stereocenters. The van der Waals surface area contributed by atoms with Crippen molar-refractivity contribution in [1.82, 2.24) is 10.6 Å². The Labute approximate surface area is 105 Å². The van der Waals surface area contributed by atoms with Gasteiger partial charge in [0.05, 0.1) is 0 Å². The molecule has 0 saturated carbocycles. The van der Waals surface area contributed by atoms with Crippen molar-refractivity contribution < 1.29 is 19.5 Å². The SMILES string of the molecule is C/C=C/CCNC(=O)NC(CCC(N)=O)C(=O)O. The molecule has 0 heterocycles. The quantitative estimate of drug-likeness (QED) is 0.360. The van der Waals surface area contributed by atoms with Crippen molar-refractivity contribution in [3.05, 3.63) is 12.2 Å². The molecule has 3 amide bonds. The van der Waals surface area contributed by atoms with Crippen molar-refractivity contribution in [2.75, 3.05) is 6.54 Å². The predicted octanol–water partition coefficient (Wildman–Crippen LogP) is -0.0295. The number of carbonyl (C=O) groups is 3. The molecule has 0 saturated heterocycles. The van der Waals surface area contributed by atoms with Crippen LogP contribution in [0.5, 0.6) is 0 Å². The third-order valence-electron chi connectivity index (χ3n) is 2.12. The molecule has 1 atom stereocenters. The Bertz CT molecular complexity index is 328. The Balaban J connectivity index is 4.03. The number of hydrogen-bond acceptors (Lipinski definition) is 3. The maximum atomic E-state index is 11.3. The smallest absolute Gasteiger partial charge is 0.326 e. The average Bonchev–Trinajstić information content (AvgIpc) is 2.29. The van der Waals surface area contributed by atoms with E-state index in [2.05, 4.69) is 10.6 Å². The van der Waals surface area contributed by atoms with Gasteiger partial charge in [0.2, 0.25) is 5.91 Å². The second-order valence-electron chi connectivity index (χ2n) is 3.65. The van der Waals surface area contributed by atoms with Gasteiger partial charge in [-0.05, 0) is 19.8 Å². The monoisotopic (exact) mass is 257 g/mol. The summed E-state index contributed by atoms with van der Waals surface area (Å²) in [4.78, 5) is 32.7. The Hall–Kier alpha value is -2.05. The fourth-order valence-corrected chi connectivity index (χ4v) is 1.19. The summed E-state index contributed by atoms with van der Waals surface area (Å²) in [6, 6.07) is -1.68. The number of carbonyl (C=O) groups excluding carboxylic acids is 2. The molecule has 0 fully saturated rings. The van der Waals surface area contributed by atoms with Gasteiger partial charge in [0.15, 0.2) is 0 Å². The van der Waals surface area contributed by atoms with Gasteiger partial charge >= 0.3 is 12.0 Å². The molecule has 0 aromatic heterocycles. The Morgan fingerprint density at radius 1 is 1.39 bits per heavy atom. The van der Waals surface area contributed by atoms with Crippen LogP contribution in [0.4, 0.5) is 4.79 Å². The minimum Gasteiger partial charge on any atom is -0.480 e. The first-order valence-electron chi connectivity index (χ1n) is 5.64. The highest BCUT2D eigenvalue weighted by Crippen LogP contribution is 1.97. The first kappa shape index (κ1) is 16.0. The lowest BCUT2D eigenvalue weighted by Gasteiger charge is -2.14. The van der Waals surface area contributed by atoms with Crippen molar-refractivity contribution >= 4 is 17.9 Å². The maximum absolute atomic E-state index is 11.3. The van der Waals surface area contributed by atoms with E-state index in [0.29, 0.717) is 13.0 Å². The molecule has 7 heteroatoms. The van der Waals surface area contributed by atoms with E-state index in [0.717, 1.165) is 0 Å². The lowest BCUT2D eigenvalue weighted by Crippen LogP contribution is -2.46. The van der Waals surface area contributed by atoms with Gasteiger partial charge in [0.25, 0.3) is 0 Å². The van der Waals surface area contributed by atoms with Crippen LogP contribution in [-0.4, -0.2) is 35.6 Å². The number of primary amides is 1. The van der Waals surface area contributed by atoms with Crippen molar-refractivity contribution in [2.24, 2.45) is 5.73 Å². The molecule has 18 heavy (non-hydrogen) atoms. The fraction of sp³-hybridized carbons (Fsp3) is 0.545. The number of nitrogens with one attached hydrogen (secondary N) is 2. The van der Waals surface area contributed by atoms with Crippen LogP contribution in [0.2, 0.25) is 0 Å². The number of rotatable bonds is 8. The first-order valence-corrected chi connectivity index (χ1v) is 5.64. The van der Waals surface area contributed by atoms with Crippen molar-refractivity contribution in [3.8, 4) is 0 Å². The van der Waals surface area contributed by atoms with Crippen LogP contribution in [0.3, 0.4) is 0 Å². The summed E-state index contributed by atoms with van der Waals surface area (Å²) in [6.07, 6.45) is 4.29. The highest BCUT2D eigenvalue weighted by Gasteiger charge is 2.19. The van der Waals surface area contributed by atoms with Gasteiger partial charge in [0.1, 0.15) is 6.04 Å². The molecule has 0 aliphatic heterocycles. The van der Waals surface area contributed by atoms with Gasteiger partial charge < -0.3 is 21.5 Å². The van der Waals surface area contributed by atoms with Crippen LogP contribution in [0.15, 0.2) is 12.2 Å². The van der Waals surface area contributed by atoms with E-state index in [1.807, 2.05) is 19.1 Å². The van der Waals surface area contributed by atoms with Gasteiger partial charge in [-0.1, -0.05) is 12.2 Å². The molecule has 0 rings (SSSR count).